The summed E-state index contributed by atoms with van der Waals surface area (Å²) in [7, 11) is -3.61. The summed E-state index contributed by atoms with van der Waals surface area (Å²) in [5.74, 6) is 2.28. The van der Waals surface area contributed by atoms with Crippen LogP contribution >= 0.6 is 0 Å². The van der Waals surface area contributed by atoms with E-state index in [2.05, 4.69) is 18.8 Å². The summed E-state index contributed by atoms with van der Waals surface area (Å²) < 4.78 is 39.3. The fourth-order valence-electron chi connectivity index (χ4n) is 7.34. The van der Waals surface area contributed by atoms with E-state index in [1.807, 2.05) is 61.5 Å². The molecule has 1 aliphatic heterocycles. The van der Waals surface area contributed by atoms with Crippen molar-refractivity contribution in [1.29, 1.82) is 0 Å². The summed E-state index contributed by atoms with van der Waals surface area (Å²) in [6.45, 7) is 6.74. The number of fused-ring (bicyclic) bond motifs is 1. The van der Waals surface area contributed by atoms with Crippen LogP contribution in [0.5, 0.6) is 5.75 Å². The second kappa shape index (κ2) is 9.91. The zero-order valence-corrected chi connectivity index (χ0v) is 24.1. The molecule has 8 heteroatoms. The number of allylic oxidation sites excluding steroid dienone is 1. The number of amides is 1. The topological polar surface area (TPSA) is 89.7 Å². The van der Waals surface area contributed by atoms with Gasteiger partial charge in [-0.1, -0.05) is 50.3 Å². The van der Waals surface area contributed by atoms with Crippen LogP contribution < -0.4 is 4.74 Å². The third-order valence-electron chi connectivity index (χ3n) is 9.66. The Hall–Kier alpha value is -3.39. The van der Waals surface area contributed by atoms with Crippen LogP contribution in [0.25, 0.3) is 11.5 Å². The number of carbonyl (C=O) groups excluding carboxylic acids is 1. The van der Waals surface area contributed by atoms with E-state index in [1.165, 1.54) is 10.4 Å². The minimum Gasteiger partial charge on any atom is -0.493 e. The molecule has 6 rings (SSSR count). The Morgan fingerprint density at radius 1 is 1.18 bits per heavy atom. The highest BCUT2D eigenvalue weighted by atomic mass is 32.2. The van der Waals surface area contributed by atoms with E-state index in [9.17, 15) is 13.2 Å². The van der Waals surface area contributed by atoms with E-state index in [4.69, 9.17) is 9.15 Å². The molecule has 2 aliphatic carbocycles. The predicted octanol–water partition coefficient (Wildman–Crippen LogP) is 5.74. The number of aryl methyl sites for hydroxylation is 1. The monoisotopic (exact) mass is 560 g/mol. The summed E-state index contributed by atoms with van der Waals surface area (Å²) in [4.78, 5) is 17.8. The van der Waals surface area contributed by atoms with Crippen LogP contribution in [0, 0.1) is 23.7 Å². The molecular formula is C32H36N2O5S. The maximum atomic E-state index is 13.2. The van der Waals surface area contributed by atoms with E-state index < -0.39 is 15.9 Å². The molecule has 3 aliphatic rings. The smallest absolute Gasteiger partial charge is 0.260 e. The van der Waals surface area contributed by atoms with E-state index in [1.54, 1.807) is 6.08 Å². The maximum Gasteiger partial charge on any atom is 0.260 e. The van der Waals surface area contributed by atoms with Gasteiger partial charge in [0.15, 0.2) is 0 Å². The van der Waals surface area contributed by atoms with Gasteiger partial charge in [-0.2, -0.15) is 0 Å². The van der Waals surface area contributed by atoms with Gasteiger partial charge in [0.1, 0.15) is 11.5 Å². The molecule has 210 valence electrons. The lowest BCUT2D eigenvalue weighted by molar-refractivity contribution is -0.124. The van der Waals surface area contributed by atoms with Gasteiger partial charge in [-0.05, 0) is 73.8 Å². The average Bonchev–Trinajstić information content (AvgIpc) is 3.55. The lowest BCUT2D eigenvalue weighted by Gasteiger charge is -2.36. The molecule has 3 fully saturated rings. The van der Waals surface area contributed by atoms with Gasteiger partial charge in [-0.15, -0.1) is 0 Å². The molecule has 3 atom stereocenters. The van der Waals surface area contributed by atoms with Crippen molar-refractivity contribution in [3.8, 4) is 17.2 Å². The second-order valence-corrected chi connectivity index (χ2v) is 13.8. The van der Waals surface area contributed by atoms with Crippen molar-refractivity contribution < 1.29 is 22.4 Å². The molecule has 2 saturated carbocycles. The SMILES string of the molecule is Cc1oc(-c2ccccc2)nc1CCOc1cccc(C/C=C/C(=O)N2C3CC4CC[C@]3(CS2(=O)=O)C4(C)C)c1. The Morgan fingerprint density at radius 3 is 2.75 bits per heavy atom. The molecule has 2 unspecified atom stereocenters. The lowest BCUT2D eigenvalue weighted by atomic mass is 9.69. The summed E-state index contributed by atoms with van der Waals surface area (Å²) >= 11 is 0. The summed E-state index contributed by atoms with van der Waals surface area (Å²) in [5.41, 5.74) is 2.43. The number of carbonyl (C=O) groups is 1. The van der Waals surface area contributed by atoms with Crippen molar-refractivity contribution in [1.82, 2.24) is 9.29 Å². The van der Waals surface area contributed by atoms with Crippen molar-refractivity contribution in [3.05, 3.63) is 83.8 Å². The minimum absolute atomic E-state index is 0.0551. The Balaban J connectivity index is 1.06. The van der Waals surface area contributed by atoms with Gasteiger partial charge in [-0.3, -0.25) is 4.79 Å². The minimum atomic E-state index is -3.61. The third kappa shape index (κ3) is 4.46. The van der Waals surface area contributed by atoms with Crippen LogP contribution in [0.2, 0.25) is 0 Å². The van der Waals surface area contributed by atoms with E-state index >= 15 is 0 Å². The molecule has 1 saturated heterocycles. The van der Waals surface area contributed by atoms with Gasteiger partial charge in [0, 0.05) is 23.5 Å². The fourth-order valence-corrected chi connectivity index (χ4v) is 9.85. The number of ether oxygens (including phenoxy) is 1. The molecule has 2 bridgehead atoms. The summed E-state index contributed by atoms with van der Waals surface area (Å²) in [6.07, 6.45) is 7.04. The molecule has 0 N–H and O–H groups in total. The highest BCUT2D eigenvalue weighted by Gasteiger charge is 2.72. The number of benzene rings is 2. The number of aromatic nitrogens is 1. The van der Waals surface area contributed by atoms with Crippen molar-refractivity contribution in [2.24, 2.45) is 16.7 Å². The molecule has 7 nitrogen and oxygen atoms in total. The zero-order chi connectivity index (χ0) is 28.1. The summed E-state index contributed by atoms with van der Waals surface area (Å²) in [5, 5.41) is 0. The van der Waals surface area contributed by atoms with Crippen LogP contribution in [0.4, 0.5) is 0 Å². The molecule has 1 amide bonds. The van der Waals surface area contributed by atoms with E-state index in [-0.39, 0.29) is 22.6 Å². The fraction of sp³-hybridized carbons (Fsp3) is 0.438. The second-order valence-electron chi connectivity index (χ2n) is 12.0. The van der Waals surface area contributed by atoms with Crippen LogP contribution in [0.3, 0.4) is 0 Å². The molecule has 40 heavy (non-hydrogen) atoms. The standard InChI is InChI=1S/C32H36N2O5S/c1-22-27(33-30(39-22)24-11-5-4-6-12-24)16-18-38-26-13-7-9-23(19-26)10-8-14-29(35)34-28-20-25-15-17-32(28,31(25,2)3)21-40(34,36)37/h4-9,11-14,19,25,28H,10,15-18,20-21H2,1-3H3/b14-8+/t25?,28?,32-/m1/s1. The van der Waals surface area contributed by atoms with Crippen molar-refractivity contribution in [2.45, 2.75) is 58.9 Å². The number of hydrogen-bond acceptors (Lipinski definition) is 6. The zero-order valence-electron chi connectivity index (χ0n) is 23.3. The number of hydrogen-bond donors (Lipinski definition) is 0. The van der Waals surface area contributed by atoms with Gasteiger partial charge in [0.05, 0.1) is 24.1 Å². The molecular weight excluding hydrogens is 524 g/mol. The molecule has 1 spiro atoms. The first-order valence-electron chi connectivity index (χ1n) is 14.1. The molecule has 2 aromatic carbocycles. The lowest BCUT2D eigenvalue weighted by Crippen LogP contribution is -2.43. The van der Waals surface area contributed by atoms with E-state index in [0.29, 0.717) is 31.3 Å². The Labute approximate surface area is 236 Å². The van der Waals surface area contributed by atoms with Gasteiger partial charge in [0.2, 0.25) is 15.9 Å². The summed E-state index contributed by atoms with van der Waals surface area (Å²) in [6, 6.07) is 17.3. The number of rotatable bonds is 8. The average molecular weight is 561 g/mol. The van der Waals surface area contributed by atoms with Gasteiger partial charge in [0.25, 0.3) is 5.91 Å². The molecule has 3 aromatic rings. The van der Waals surface area contributed by atoms with Gasteiger partial charge in [-0.25, -0.2) is 17.7 Å². The van der Waals surface area contributed by atoms with Gasteiger partial charge >= 0.3 is 0 Å². The number of oxazole rings is 1. The van der Waals surface area contributed by atoms with Crippen LogP contribution in [0.1, 0.15) is 50.1 Å². The Kier molecular flexibility index (Phi) is 6.64. The quantitative estimate of drug-likeness (QED) is 0.327. The Bertz CT molecular complexity index is 1560. The Morgan fingerprint density at radius 2 is 1.98 bits per heavy atom. The first kappa shape index (κ1) is 26.8. The largest absolute Gasteiger partial charge is 0.493 e. The molecule has 1 aromatic heterocycles. The number of sulfonamides is 1. The highest BCUT2D eigenvalue weighted by molar-refractivity contribution is 7.90. The highest BCUT2D eigenvalue weighted by Crippen LogP contribution is 2.69. The van der Waals surface area contributed by atoms with Crippen LogP contribution in [-0.2, 0) is 27.7 Å². The normalized spacial score (nSPS) is 25.9. The molecule has 2 heterocycles. The van der Waals surface area contributed by atoms with Crippen molar-refractivity contribution >= 4 is 15.9 Å². The predicted molar refractivity (Wildman–Crippen MR) is 153 cm³/mol. The first-order valence-corrected chi connectivity index (χ1v) is 15.7. The van der Waals surface area contributed by atoms with Gasteiger partial charge < -0.3 is 9.15 Å². The number of nitrogens with zero attached hydrogens (tertiary/aromatic N) is 2. The van der Waals surface area contributed by atoms with Crippen LogP contribution in [-0.4, -0.2) is 42.0 Å². The molecule has 0 radical (unpaired) electrons. The maximum absolute atomic E-state index is 13.2. The third-order valence-corrected chi connectivity index (χ3v) is 11.6. The van der Waals surface area contributed by atoms with E-state index in [0.717, 1.165) is 47.6 Å². The van der Waals surface area contributed by atoms with Crippen LogP contribution in [0.15, 0.2) is 71.2 Å². The van der Waals surface area contributed by atoms with Crippen molar-refractivity contribution in [2.75, 3.05) is 12.4 Å². The first-order chi connectivity index (χ1) is 19.1. The van der Waals surface area contributed by atoms with Crippen molar-refractivity contribution in [3.63, 3.8) is 0 Å².